The van der Waals surface area contributed by atoms with Crippen LogP contribution in [0.3, 0.4) is 0 Å². The van der Waals surface area contributed by atoms with Crippen LogP contribution in [0.2, 0.25) is 0 Å². The Morgan fingerprint density at radius 3 is 2.21 bits per heavy atom. The van der Waals surface area contributed by atoms with E-state index in [-0.39, 0.29) is 18.4 Å². The van der Waals surface area contributed by atoms with E-state index in [1.54, 1.807) is 0 Å². The molecule has 0 bridgehead atoms. The van der Waals surface area contributed by atoms with Crippen LogP contribution in [-0.2, 0) is 17.9 Å². The quantitative estimate of drug-likeness (QED) is 0.880. The third-order valence-corrected chi connectivity index (χ3v) is 5.11. The van der Waals surface area contributed by atoms with Crippen LogP contribution in [0.1, 0.15) is 48.3 Å². The zero-order chi connectivity index (χ0) is 16.8. The number of carbonyl (C=O) groups excluding carboxylic acids is 1. The molecule has 2 aromatic rings. The Kier molecular flexibility index (Phi) is 5.65. The van der Waals surface area contributed by atoms with Crippen molar-refractivity contribution in [2.24, 2.45) is 5.92 Å². The van der Waals surface area contributed by atoms with E-state index >= 15 is 0 Å². The lowest BCUT2D eigenvalue weighted by molar-refractivity contribution is -0.126. The first-order valence-corrected chi connectivity index (χ1v) is 8.78. The van der Waals surface area contributed by atoms with Crippen molar-refractivity contribution in [2.75, 3.05) is 0 Å². The average molecular weight is 323 g/mol. The first kappa shape index (κ1) is 16.7. The summed E-state index contributed by atoms with van der Waals surface area (Å²) < 4.78 is 0. The molecule has 1 amide bonds. The van der Waals surface area contributed by atoms with E-state index < -0.39 is 0 Å². The summed E-state index contributed by atoms with van der Waals surface area (Å²) in [7, 11) is 0. The Balaban J connectivity index is 1.50. The van der Waals surface area contributed by atoms with Crippen LogP contribution < -0.4 is 5.32 Å². The predicted octanol–water partition coefficient (Wildman–Crippen LogP) is 3.77. The Morgan fingerprint density at radius 1 is 0.917 bits per heavy atom. The number of aliphatic hydroxyl groups excluding tert-OH is 1. The number of hydrogen-bond acceptors (Lipinski definition) is 2. The molecule has 0 radical (unpaired) electrons. The number of benzene rings is 2. The molecular weight excluding hydrogens is 298 g/mol. The Hall–Kier alpha value is -2.13. The molecule has 126 valence electrons. The Labute approximate surface area is 143 Å². The van der Waals surface area contributed by atoms with Gasteiger partial charge < -0.3 is 10.4 Å². The van der Waals surface area contributed by atoms with E-state index in [0.717, 1.165) is 36.8 Å². The van der Waals surface area contributed by atoms with Crippen LogP contribution in [-0.4, -0.2) is 11.0 Å². The van der Waals surface area contributed by atoms with E-state index in [1.165, 1.54) is 5.56 Å². The summed E-state index contributed by atoms with van der Waals surface area (Å²) in [5.41, 5.74) is 3.27. The molecule has 0 spiro atoms. The monoisotopic (exact) mass is 323 g/mol. The molecule has 1 fully saturated rings. The van der Waals surface area contributed by atoms with Gasteiger partial charge >= 0.3 is 0 Å². The Morgan fingerprint density at radius 2 is 1.54 bits per heavy atom. The van der Waals surface area contributed by atoms with Gasteiger partial charge in [0, 0.05) is 12.5 Å². The number of aliphatic hydroxyl groups is 1. The van der Waals surface area contributed by atoms with Crippen LogP contribution in [0.25, 0.3) is 0 Å². The van der Waals surface area contributed by atoms with Crippen LogP contribution in [0.15, 0.2) is 54.6 Å². The molecule has 3 nitrogen and oxygen atoms in total. The highest BCUT2D eigenvalue weighted by molar-refractivity contribution is 5.78. The molecule has 1 saturated carbocycles. The normalized spacial score (nSPS) is 20.5. The van der Waals surface area contributed by atoms with Gasteiger partial charge in [0.15, 0.2) is 0 Å². The van der Waals surface area contributed by atoms with Crippen molar-refractivity contribution in [1.82, 2.24) is 5.32 Å². The largest absolute Gasteiger partial charge is 0.392 e. The summed E-state index contributed by atoms with van der Waals surface area (Å²) in [6.07, 6.45) is 4.06. The van der Waals surface area contributed by atoms with Crippen LogP contribution in [0, 0.1) is 5.92 Å². The fraction of sp³-hybridized carbons (Fsp3) is 0.381. The van der Waals surface area contributed by atoms with E-state index in [4.69, 9.17) is 0 Å². The maximum atomic E-state index is 12.4. The smallest absolute Gasteiger partial charge is 0.223 e. The third kappa shape index (κ3) is 4.04. The minimum absolute atomic E-state index is 0.00816. The lowest BCUT2D eigenvalue weighted by Gasteiger charge is -2.28. The summed E-state index contributed by atoms with van der Waals surface area (Å²) in [6, 6.07) is 18.3. The lowest BCUT2D eigenvalue weighted by Crippen LogP contribution is -2.32. The SMILES string of the molecule is O=C(NCc1ccccc1CO)C1CCC(c2ccccc2)CC1. The van der Waals surface area contributed by atoms with Crippen molar-refractivity contribution in [3.63, 3.8) is 0 Å². The van der Waals surface area contributed by atoms with E-state index in [0.29, 0.717) is 12.5 Å². The molecule has 0 aromatic heterocycles. The maximum Gasteiger partial charge on any atom is 0.223 e. The van der Waals surface area contributed by atoms with Crippen LogP contribution >= 0.6 is 0 Å². The number of nitrogens with one attached hydrogen (secondary N) is 1. The molecule has 24 heavy (non-hydrogen) atoms. The molecule has 2 aromatic carbocycles. The summed E-state index contributed by atoms with van der Waals surface area (Å²) in [5.74, 6) is 0.853. The Bertz CT molecular complexity index is 661. The number of hydrogen-bond donors (Lipinski definition) is 2. The highest BCUT2D eigenvalue weighted by atomic mass is 16.3. The van der Waals surface area contributed by atoms with E-state index in [9.17, 15) is 9.90 Å². The number of carbonyl (C=O) groups is 1. The topological polar surface area (TPSA) is 49.3 Å². The van der Waals surface area contributed by atoms with Gasteiger partial charge in [0.2, 0.25) is 5.91 Å². The number of rotatable bonds is 5. The van der Waals surface area contributed by atoms with Crippen molar-refractivity contribution in [3.05, 3.63) is 71.3 Å². The average Bonchev–Trinajstić information content (AvgIpc) is 2.67. The van der Waals surface area contributed by atoms with E-state index in [2.05, 4.69) is 29.6 Å². The summed E-state index contributed by atoms with van der Waals surface area (Å²) >= 11 is 0. The molecule has 0 aliphatic heterocycles. The van der Waals surface area contributed by atoms with E-state index in [1.807, 2.05) is 30.3 Å². The van der Waals surface area contributed by atoms with Gasteiger partial charge in [-0.2, -0.15) is 0 Å². The second-order valence-corrected chi connectivity index (χ2v) is 6.60. The first-order chi connectivity index (χ1) is 11.8. The second-order valence-electron chi connectivity index (χ2n) is 6.60. The highest BCUT2D eigenvalue weighted by Gasteiger charge is 2.26. The van der Waals surface area contributed by atoms with Gasteiger partial charge in [-0.25, -0.2) is 0 Å². The van der Waals surface area contributed by atoms with Crippen LogP contribution in [0.5, 0.6) is 0 Å². The van der Waals surface area contributed by atoms with Gasteiger partial charge in [0.05, 0.1) is 6.61 Å². The third-order valence-electron chi connectivity index (χ3n) is 5.11. The second kappa shape index (κ2) is 8.11. The van der Waals surface area contributed by atoms with Gasteiger partial charge in [-0.3, -0.25) is 4.79 Å². The van der Waals surface area contributed by atoms with Crippen molar-refractivity contribution in [1.29, 1.82) is 0 Å². The highest BCUT2D eigenvalue weighted by Crippen LogP contribution is 2.35. The fourth-order valence-electron chi connectivity index (χ4n) is 3.63. The zero-order valence-corrected chi connectivity index (χ0v) is 13.9. The number of amides is 1. The molecule has 0 unspecified atom stereocenters. The minimum Gasteiger partial charge on any atom is -0.392 e. The van der Waals surface area contributed by atoms with Gasteiger partial charge in [-0.1, -0.05) is 54.6 Å². The maximum absolute atomic E-state index is 12.4. The van der Waals surface area contributed by atoms with Gasteiger partial charge in [-0.05, 0) is 48.3 Å². The van der Waals surface area contributed by atoms with Crippen LogP contribution in [0.4, 0.5) is 0 Å². The van der Waals surface area contributed by atoms with Crippen molar-refractivity contribution in [2.45, 2.75) is 44.8 Å². The van der Waals surface area contributed by atoms with Gasteiger partial charge in [-0.15, -0.1) is 0 Å². The van der Waals surface area contributed by atoms with Gasteiger partial charge in [0.1, 0.15) is 0 Å². The lowest BCUT2D eigenvalue weighted by atomic mass is 9.78. The summed E-state index contributed by atoms with van der Waals surface area (Å²) in [4.78, 5) is 12.4. The predicted molar refractivity (Wildman–Crippen MR) is 95.4 cm³/mol. The molecule has 1 aliphatic rings. The van der Waals surface area contributed by atoms with Crippen molar-refractivity contribution < 1.29 is 9.90 Å². The molecule has 2 N–H and O–H groups in total. The standard InChI is InChI=1S/C21H25NO2/c23-15-20-9-5-4-8-19(20)14-22-21(24)18-12-10-17(11-13-18)16-6-2-1-3-7-16/h1-9,17-18,23H,10-15H2,(H,22,24). The molecule has 0 heterocycles. The molecule has 0 saturated heterocycles. The minimum atomic E-state index is 0.00816. The first-order valence-electron chi connectivity index (χ1n) is 8.78. The summed E-state index contributed by atoms with van der Waals surface area (Å²) in [5, 5.41) is 12.4. The summed E-state index contributed by atoms with van der Waals surface area (Å²) in [6.45, 7) is 0.502. The fourth-order valence-corrected chi connectivity index (χ4v) is 3.63. The molecule has 1 aliphatic carbocycles. The molecular formula is C21H25NO2. The molecule has 0 atom stereocenters. The zero-order valence-electron chi connectivity index (χ0n) is 13.9. The molecule has 3 heteroatoms. The van der Waals surface area contributed by atoms with Crippen molar-refractivity contribution in [3.8, 4) is 0 Å². The molecule has 3 rings (SSSR count). The van der Waals surface area contributed by atoms with Crippen molar-refractivity contribution >= 4 is 5.91 Å². The van der Waals surface area contributed by atoms with Gasteiger partial charge in [0.25, 0.3) is 0 Å².